The number of rotatable bonds is 3. The number of benzene rings is 1. The van der Waals surface area contributed by atoms with Crippen molar-refractivity contribution in [2.45, 2.75) is 25.4 Å². The highest BCUT2D eigenvalue weighted by Crippen LogP contribution is 2.38. The molecule has 1 N–H and O–H groups in total. The predicted octanol–water partition coefficient (Wildman–Crippen LogP) is 2.69. The van der Waals surface area contributed by atoms with Gasteiger partial charge >= 0.3 is 12.0 Å². The fourth-order valence-corrected chi connectivity index (χ4v) is 5.64. The van der Waals surface area contributed by atoms with Crippen LogP contribution in [0.15, 0.2) is 29.5 Å². The second-order valence-electron chi connectivity index (χ2n) is 6.44. The molecule has 2 aliphatic rings. The molecule has 3 rings (SSSR count). The van der Waals surface area contributed by atoms with Crippen LogP contribution in [0.3, 0.4) is 0 Å². The second kappa shape index (κ2) is 7.33. The van der Waals surface area contributed by atoms with Crippen LogP contribution < -0.4 is 5.32 Å². The van der Waals surface area contributed by atoms with Crippen LogP contribution in [-0.2, 0) is 19.4 Å². The summed E-state index contributed by atoms with van der Waals surface area (Å²) in [5.74, 6) is -0.778. The summed E-state index contributed by atoms with van der Waals surface area (Å²) >= 11 is 12.4. The lowest BCUT2D eigenvalue weighted by Gasteiger charge is -2.38. The summed E-state index contributed by atoms with van der Waals surface area (Å²) in [6, 6.07) is 3.03. The number of carbonyl (C=O) groups is 2. The van der Waals surface area contributed by atoms with E-state index in [1.807, 2.05) is 0 Å². The largest absolute Gasteiger partial charge is 0.466 e. The monoisotopic (exact) mass is 432 g/mol. The third-order valence-corrected chi connectivity index (χ3v) is 7.38. The minimum absolute atomic E-state index is 0.00579. The number of allylic oxidation sites excluding steroid dienone is 1. The molecule has 2 unspecified atom stereocenters. The molecule has 2 amide bonds. The van der Waals surface area contributed by atoms with Crippen LogP contribution in [0.1, 0.15) is 24.9 Å². The number of amides is 2. The zero-order chi connectivity index (χ0) is 19.9. The molecule has 2 atom stereocenters. The molecule has 0 aliphatic carbocycles. The molecule has 1 fully saturated rings. The Hall–Kier alpha value is -1.77. The van der Waals surface area contributed by atoms with E-state index in [-0.39, 0.29) is 27.1 Å². The van der Waals surface area contributed by atoms with E-state index < -0.39 is 33.9 Å². The van der Waals surface area contributed by atoms with Crippen LogP contribution in [0.25, 0.3) is 0 Å². The quantitative estimate of drug-likeness (QED) is 0.740. The first-order valence-corrected chi connectivity index (χ1v) is 10.8. The van der Waals surface area contributed by atoms with Gasteiger partial charge in [0.2, 0.25) is 0 Å². The molecule has 1 saturated heterocycles. The van der Waals surface area contributed by atoms with E-state index in [2.05, 4.69) is 5.32 Å². The number of nitrogens with zero attached hydrogens (tertiary/aromatic N) is 1. The van der Waals surface area contributed by atoms with Gasteiger partial charge in [-0.25, -0.2) is 18.0 Å². The van der Waals surface area contributed by atoms with Gasteiger partial charge in [-0.3, -0.25) is 4.90 Å². The molecule has 0 spiro atoms. The summed E-state index contributed by atoms with van der Waals surface area (Å²) in [5.41, 5.74) is 0.982. The number of halogens is 2. The van der Waals surface area contributed by atoms with Gasteiger partial charge in [-0.1, -0.05) is 35.3 Å². The number of nitrogens with one attached hydrogen (secondary N) is 1. The van der Waals surface area contributed by atoms with Gasteiger partial charge in [0.15, 0.2) is 9.84 Å². The van der Waals surface area contributed by atoms with Crippen molar-refractivity contribution in [1.29, 1.82) is 0 Å². The summed E-state index contributed by atoms with van der Waals surface area (Å²) in [6.07, 6.45) is 0.310. The Kier molecular flexibility index (Phi) is 5.42. The molecule has 2 heterocycles. The van der Waals surface area contributed by atoms with E-state index in [9.17, 15) is 18.0 Å². The van der Waals surface area contributed by atoms with Gasteiger partial charge in [-0.15, -0.1) is 0 Å². The van der Waals surface area contributed by atoms with E-state index in [0.717, 1.165) is 0 Å². The number of sulfone groups is 1. The average Bonchev–Trinajstić information content (AvgIpc) is 2.95. The van der Waals surface area contributed by atoms with E-state index in [4.69, 9.17) is 27.9 Å². The van der Waals surface area contributed by atoms with Crippen molar-refractivity contribution in [1.82, 2.24) is 10.2 Å². The molecule has 0 radical (unpaired) electrons. The third-order valence-electron chi connectivity index (χ3n) is 4.80. The highest BCUT2D eigenvalue weighted by Gasteiger charge is 2.43. The Balaban J connectivity index is 2.11. The highest BCUT2D eigenvalue weighted by molar-refractivity contribution is 7.91. The Morgan fingerprint density at radius 3 is 2.63 bits per heavy atom. The zero-order valence-electron chi connectivity index (χ0n) is 14.7. The van der Waals surface area contributed by atoms with Crippen molar-refractivity contribution < 1.29 is 22.7 Å². The molecule has 1 aromatic carbocycles. The fraction of sp³-hybridized carbons (Fsp3) is 0.412. The molecular weight excluding hydrogens is 415 g/mol. The number of carbonyl (C=O) groups excluding carboxylic acids is 2. The molecule has 2 aliphatic heterocycles. The minimum atomic E-state index is -3.21. The van der Waals surface area contributed by atoms with Crippen molar-refractivity contribution in [3.05, 3.63) is 45.1 Å². The normalized spacial score (nSPS) is 24.7. The standard InChI is InChI=1S/C17H18Cl2N2O5S/c1-9-13(16(22)26-2)15(11-4-3-5-12(18)14(11)19)20-17(23)21(9)10-6-7-27(24,25)8-10/h3-5,10,15H,6-8H2,1-2H3,(H,20,23). The van der Waals surface area contributed by atoms with Crippen molar-refractivity contribution in [3.63, 3.8) is 0 Å². The predicted molar refractivity (Wildman–Crippen MR) is 101 cm³/mol. The Morgan fingerprint density at radius 1 is 1.33 bits per heavy atom. The van der Waals surface area contributed by atoms with Crippen LogP contribution in [0.4, 0.5) is 4.79 Å². The van der Waals surface area contributed by atoms with Crippen LogP contribution >= 0.6 is 23.2 Å². The molecule has 0 aromatic heterocycles. The summed E-state index contributed by atoms with van der Waals surface area (Å²) in [6.45, 7) is 1.60. The van der Waals surface area contributed by atoms with Gasteiger partial charge < -0.3 is 10.1 Å². The van der Waals surface area contributed by atoms with Crippen LogP contribution in [0.2, 0.25) is 10.0 Å². The number of hydrogen-bond acceptors (Lipinski definition) is 5. The number of hydrogen-bond donors (Lipinski definition) is 1. The van der Waals surface area contributed by atoms with Gasteiger partial charge in [0, 0.05) is 5.70 Å². The van der Waals surface area contributed by atoms with Crippen molar-refractivity contribution in [3.8, 4) is 0 Å². The molecule has 27 heavy (non-hydrogen) atoms. The maximum absolute atomic E-state index is 12.8. The molecular formula is C17H18Cl2N2O5S. The maximum Gasteiger partial charge on any atom is 0.337 e. The second-order valence-corrected chi connectivity index (χ2v) is 9.46. The average molecular weight is 433 g/mol. The SMILES string of the molecule is COC(=O)C1=C(C)N(C2CCS(=O)(=O)C2)C(=O)NC1c1cccc(Cl)c1Cl. The lowest BCUT2D eigenvalue weighted by Crippen LogP contribution is -2.52. The van der Waals surface area contributed by atoms with E-state index in [1.165, 1.54) is 12.0 Å². The summed E-state index contributed by atoms with van der Waals surface area (Å²) in [4.78, 5) is 26.6. The Labute approximate surface area is 167 Å². The summed E-state index contributed by atoms with van der Waals surface area (Å²) in [5, 5.41) is 3.25. The lowest BCUT2D eigenvalue weighted by molar-refractivity contribution is -0.136. The summed E-state index contributed by atoms with van der Waals surface area (Å²) in [7, 11) is -1.98. The van der Waals surface area contributed by atoms with E-state index >= 15 is 0 Å². The van der Waals surface area contributed by atoms with E-state index in [0.29, 0.717) is 17.7 Å². The van der Waals surface area contributed by atoms with Crippen molar-refractivity contribution in [2.24, 2.45) is 0 Å². The van der Waals surface area contributed by atoms with Gasteiger partial charge in [0.05, 0.1) is 46.3 Å². The summed E-state index contributed by atoms with van der Waals surface area (Å²) < 4.78 is 28.6. The number of urea groups is 1. The first-order chi connectivity index (χ1) is 12.7. The zero-order valence-corrected chi connectivity index (χ0v) is 17.0. The molecule has 0 saturated carbocycles. The van der Waals surface area contributed by atoms with Crippen molar-refractivity contribution in [2.75, 3.05) is 18.6 Å². The molecule has 0 bridgehead atoms. The first kappa shape index (κ1) is 20.0. The molecule has 1 aromatic rings. The molecule has 10 heteroatoms. The maximum atomic E-state index is 12.8. The highest BCUT2D eigenvalue weighted by atomic mass is 35.5. The third kappa shape index (κ3) is 3.66. The van der Waals surface area contributed by atoms with E-state index in [1.54, 1.807) is 25.1 Å². The molecule has 7 nitrogen and oxygen atoms in total. The van der Waals surface area contributed by atoms with Gasteiger partial charge in [-0.05, 0) is 25.0 Å². The van der Waals surface area contributed by atoms with Gasteiger partial charge in [0.1, 0.15) is 0 Å². The fourth-order valence-electron chi connectivity index (χ4n) is 3.53. The Morgan fingerprint density at radius 2 is 2.04 bits per heavy atom. The number of methoxy groups -OCH3 is 1. The van der Waals surface area contributed by atoms with Crippen LogP contribution in [0, 0.1) is 0 Å². The molecule has 146 valence electrons. The topological polar surface area (TPSA) is 92.8 Å². The Bertz CT molecular complexity index is 945. The van der Waals surface area contributed by atoms with Crippen LogP contribution in [0.5, 0.6) is 0 Å². The number of esters is 1. The van der Waals surface area contributed by atoms with Gasteiger partial charge in [0.25, 0.3) is 0 Å². The van der Waals surface area contributed by atoms with Crippen molar-refractivity contribution >= 4 is 45.0 Å². The smallest absolute Gasteiger partial charge is 0.337 e. The first-order valence-electron chi connectivity index (χ1n) is 8.19. The minimum Gasteiger partial charge on any atom is -0.466 e. The number of ether oxygens (including phenoxy) is 1. The van der Waals surface area contributed by atoms with Gasteiger partial charge in [-0.2, -0.15) is 0 Å². The van der Waals surface area contributed by atoms with Crippen LogP contribution in [-0.4, -0.2) is 50.0 Å². The lowest BCUT2D eigenvalue weighted by atomic mass is 9.94.